The maximum absolute atomic E-state index is 10.5. The summed E-state index contributed by atoms with van der Waals surface area (Å²) in [4.78, 5) is 16.9. The highest BCUT2D eigenvalue weighted by atomic mass is 32.3. The van der Waals surface area contributed by atoms with Gasteiger partial charge in [-0.05, 0) is 12.5 Å². The smallest absolute Gasteiger partial charge is 0.316 e. The van der Waals surface area contributed by atoms with Crippen LogP contribution in [0.2, 0.25) is 6.04 Å². The van der Waals surface area contributed by atoms with Crippen molar-refractivity contribution in [1.29, 1.82) is 0 Å². The molecule has 4 N–H and O–H groups in total. The lowest BCUT2D eigenvalue weighted by molar-refractivity contribution is 0.402. The molecule has 0 aromatic heterocycles. The van der Waals surface area contributed by atoms with E-state index in [1.807, 2.05) is 0 Å². The molecule has 0 aromatic rings. The van der Waals surface area contributed by atoms with Crippen LogP contribution in [0.25, 0.3) is 0 Å². The topological polar surface area (TPSA) is 149 Å². The Labute approximate surface area is 82.5 Å². The summed E-state index contributed by atoms with van der Waals surface area (Å²) in [5, 5.41) is 0. The van der Waals surface area contributed by atoms with E-state index in [4.69, 9.17) is 18.7 Å². The fourth-order valence-electron chi connectivity index (χ4n) is 0.737. The molecule has 0 spiro atoms. The van der Waals surface area contributed by atoms with Crippen molar-refractivity contribution in [3.8, 4) is 0 Å². The van der Waals surface area contributed by atoms with E-state index in [1.54, 1.807) is 0 Å². The summed E-state index contributed by atoms with van der Waals surface area (Å²) in [6, 6.07) is -0.468. The lowest BCUT2D eigenvalue weighted by Gasteiger charge is -2.09. The van der Waals surface area contributed by atoms with Gasteiger partial charge in [-0.2, -0.15) is 16.8 Å². The molecule has 0 heterocycles. The van der Waals surface area contributed by atoms with Gasteiger partial charge in [-0.1, -0.05) is 0 Å². The Morgan fingerprint density at radius 3 is 1.57 bits per heavy atom. The predicted octanol–water partition coefficient (Wildman–Crippen LogP) is -2.32. The van der Waals surface area contributed by atoms with E-state index in [-0.39, 0.29) is 0 Å². The van der Waals surface area contributed by atoms with Crippen LogP contribution < -0.4 is 0 Å². The molecule has 0 fully saturated rings. The molecule has 8 nitrogen and oxygen atoms in total. The van der Waals surface area contributed by atoms with Crippen molar-refractivity contribution in [2.24, 2.45) is 0 Å². The first-order chi connectivity index (χ1) is 6.05. The van der Waals surface area contributed by atoms with Crippen LogP contribution in [0.5, 0.6) is 0 Å². The lowest BCUT2D eigenvalue weighted by atomic mass is 10.6. The van der Waals surface area contributed by atoms with Crippen molar-refractivity contribution < 1.29 is 35.5 Å². The molecule has 0 unspecified atom stereocenters. The van der Waals surface area contributed by atoms with Crippen LogP contribution in [-0.4, -0.2) is 49.4 Å². The third-order valence-electron chi connectivity index (χ3n) is 1.33. The Hall–Kier alpha value is -0.0431. The van der Waals surface area contributed by atoms with Gasteiger partial charge < -0.3 is 9.59 Å². The zero-order valence-corrected chi connectivity index (χ0v) is 9.59. The van der Waals surface area contributed by atoms with Gasteiger partial charge in [0.1, 0.15) is 0 Å². The first kappa shape index (κ1) is 14.0. The maximum atomic E-state index is 10.5. The van der Waals surface area contributed by atoms with Gasteiger partial charge in [0.2, 0.25) is 4.58 Å². The minimum Gasteiger partial charge on any atom is -0.413 e. The molecule has 11 heteroatoms. The highest BCUT2D eigenvalue weighted by Gasteiger charge is 2.35. The zero-order valence-electron chi connectivity index (χ0n) is 6.81. The van der Waals surface area contributed by atoms with Gasteiger partial charge in [0, 0.05) is 0 Å². The van der Waals surface area contributed by atoms with Crippen LogP contribution in [0, 0.1) is 0 Å². The molecule has 0 aliphatic rings. The SMILES string of the molecule is O=S(=O)(O)C(CC[SiH](O)O)S(=O)(=O)O. The first-order valence-electron chi connectivity index (χ1n) is 3.34. The molecule has 0 radical (unpaired) electrons. The van der Waals surface area contributed by atoms with Gasteiger partial charge in [0.05, 0.1) is 0 Å². The molecular weight excluding hydrogens is 256 g/mol. The van der Waals surface area contributed by atoms with Gasteiger partial charge in [-0.3, -0.25) is 9.11 Å². The molecular formula is C3H10O8S2Si. The van der Waals surface area contributed by atoms with Crippen molar-refractivity contribution in [1.82, 2.24) is 0 Å². The average molecular weight is 266 g/mol. The van der Waals surface area contributed by atoms with E-state index in [0.29, 0.717) is 0 Å². The monoisotopic (exact) mass is 266 g/mol. The van der Waals surface area contributed by atoms with E-state index >= 15 is 0 Å². The van der Waals surface area contributed by atoms with E-state index in [2.05, 4.69) is 0 Å². The molecule has 14 heavy (non-hydrogen) atoms. The Morgan fingerprint density at radius 1 is 1.00 bits per heavy atom. The van der Waals surface area contributed by atoms with E-state index in [0.717, 1.165) is 0 Å². The van der Waals surface area contributed by atoms with Gasteiger partial charge in [-0.15, -0.1) is 0 Å². The van der Waals surface area contributed by atoms with Crippen LogP contribution in [0.3, 0.4) is 0 Å². The molecule has 0 saturated heterocycles. The summed E-state index contributed by atoms with van der Waals surface area (Å²) in [6.45, 7) is 0. The number of hydrogen-bond acceptors (Lipinski definition) is 6. The molecule has 0 aliphatic carbocycles. The summed E-state index contributed by atoms with van der Waals surface area (Å²) < 4.78 is 56.2. The minimum atomic E-state index is -4.96. The number of rotatable bonds is 5. The summed E-state index contributed by atoms with van der Waals surface area (Å²) >= 11 is 0. The second kappa shape index (κ2) is 4.65. The van der Waals surface area contributed by atoms with Gasteiger partial charge in [-0.25, -0.2) is 0 Å². The van der Waals surface area contributed by atoms with Crippen molar-refractivity contribution >= 4 is 29.5 Å². The lowest BCUT2D eigenvalue weighted by Crippen LogP contribution is -2.31. The van der Waals surface area contributed by atoms with E-state index < -0.39 is 46.6 Å². The van der Waals surface area contributed by atoms with Crippen LogP contribution in [0.15, 0.2) is 0 Å². The molecule has 0 amide bonds. The molecule has 0 atom stereocenters. The molecule has 86 valence electrons. The fourth-order valence-corrected chi connectivity index (χ4v) is 3.95. The second-order valence-corrected chi connectivity index (χ2v) is 7.55. The summed E-state index contributed by atoms with van der Waals surface area (Å²) in [6.07, 6.45) is -0.748. The Balaban J connectivity index is 4.80. The quantitative estimate of drug-likeness (QED) is 0.320. The average Bonchev–Trinajstić information content (AvgIpc) is 1.78. The molecule has 0 aliphatic heterocycles. The minimum absolute atomic E-state index is 0.468. The summed E-state index contributed by atoms with van der Waals surface area (Å²) in [5.74, 6) is 0. The van der Waals surface area contributed by atoms with Crippen LogP contribution in [0.4, 0.5) is 0 Å². The summed E-state index contributed by atoms with van der Waals surface area (Å²) in [5.41, 5.74) is 0. The standard InChI is InChI=1S/C3H10O8S2Si/c4-12(5,6)3(13(7,8)9)1-2-14(10)11/h3,10-11,14H,1-2H2,(H,4,5,6)(H,7,8,9). The second-order valence-electron chi connectivity index (χ2n) is 2.52. The predicted molar refractivity (Wildman–Crippen MR) is 47.9 cm³/mol. The fraction of sp³-hybridized carbons (Fsp3) is 1.00. The summed E-state index contributed by atoms with van der Waals surface area (Å²) in [7, 11) is -13.0. The highest BCUT2D eigenvalue weighted by Crippen LogP contribution is 2.14. The van der Waals surface area contributed by atoms with Gasteiger partial charge >= 0.3 is 9.28 Å². The Bertz CT molecular complexity index is 335. The van der Waals surface area contributed by atoms with Crippen LogP contribution in [-0.2, 0) is 20.2 Å². The van der Waals surface area contributed by atoms with Gasteiger partial charge in [0.15, 0.2) is 0 Å². The highest BCUT2D eigenvalue weighted by molar-refractivity contribution is 8.03. The Kier molecular flexibility index (Phi) is 4.64. The molecule has 0 saturated carbocycles. The van der Waals surface area contributed by atoms with Crippen molar-refractivity contribution in [2.45, 2.75) is 17.0 Å². The van der Waals surface area contributed by atoms with Gasteiger partial charge in [0.25, 0.3) is 20.2 Å². The van der Waals surface area contributed by atoms with Crippen LogP contribution >= 0.6 is 0 Å². The van der Waals surface area contributed by atoms with E-state index in [9.17, 15) is 16.8 Å². The van der Waals surface area contributed by atoms with Crippen molar-refractivity contribution in [3.05, 3.63) is 0 Å². The van der Waals surface area contributed by atoms with Crippen LogP contribution in [0.1, 0.15) is 6.42 Å². The normalized spacial score (nSPS) is 13.9. The largest absolute Gasteiger partial charge is 0.413 e. The third kappa shape index (κ3) is 4.99. The third-order valence-corrected chi connectivity index (χ3v) is 5.43. The molecule has 0 rings (SSSR count). The van der Waals surface area contributed by atoms with Crippen molar-refractivity contribution in [3.63, 3.8) is 0 Å². The maximum Gasteiger partial charge on any atom is 0.316 e. The molecule has 0 bridgehead atoms. The van der Waals surface area contributed by atoms with Crippen molar-refractivity contribution in [2.75, 3.05) is 0 Å². The molecule has 0 aromatic carbocycles. The van der Waals surface area contributed by atoms with E-state index in [1.165, 1.54) is 0 Å². The number of hydrogen-bond donors (Lipinski definition) is 4. The Morgan fingerprint density at radius 2 is 1.36 bits per heavy atom. The zero-order chi connectivity index (χ0) is 11.6. The first-order valence-corrected chi connectivity index (χ1v) is 8.19.